The molecular weight excluding hydrogens is 393 g/mol. The first-order chi connectivity index (χ1) is 14.6. The van der Waals surface area contributed by atoms with Gasteiger partial charge in [0.25, 0.3) is 0 Å². The van der Waals surface area contributed by atoms with Crippen molar-refractivity contribution < 1.29 is 13.9 Å². The number of ether oxygens (including phenoxy) is 1. The number of carbonyl (C=O) groups is 1. The smallest absolute Gasteiger partial charge is 0.410 e. The van der Waals surface area contributed by atoms with Gasteiger partial charge in [-0.1, -0.05) is 30.9 Å². The Morgan fingerprint density at radius 2 is 1.71 bits per heavy atom. The molecule has 1 aliphatic heterocycles. The number of benzene rings is 1. The Labute approximate surface area is 185 Å². The molecule has 1 amide bonds. The van der Waals surface area contributed by atoms with Crippen molar-refractivity contribution in [1.82, 2.24) is 9.80 Å². The largest absolute Gasteiger partial charge is 0.444 e. The summed E-state index contributed by atoms with van der Waals surface area (Å²) in [6.45, 7) is 17.6. The molecule has 0 bridgehead atoms. The van der Waals surface area contributed by atoms with Crippen LogP contribution < -0.4 is 0 Å². The molecule has 0 aromatic heterocycles. The predicted octanol–water partition coefficient (Wildman–Crippen LogP) is 5.66. The van der Waals surface area contributed by atoms with Gasteiger partial charge >= 0.3 is 6.09 Å². The highest BCUT2D eigenvalue weighted by Crippen LogP contribution is 2.30. The van der Waals surface area contributed by atoms with E-state index >= 15 is 0 Å². The Hall–Kier alpha value is -2.89. The molecule has 0 radical (unpaired) electrons. The Balaban J connectivity index is 2.35. The molecule has 1 aromatic carbocycles. The molecule has 0 atom stereocenters. The van der Waals surface area contributed by atoms with Crippen molar-refractivity contribution in [2.24, 2.45) is 4.99 Å². The Morgan fingerprint density at radius 1 is 1.13 bits per heavy atom. The number of carbonyl (C=O) groups excluding carboxylic acids is 1. The second-order valence-electron chi connectivity index (χ2n) is 8.49. The van der Waals surface area contributed by atoms with Crippen LogP contribution in [0.5, 0.6) is 0 Å². The first-order valence-corrected chi connectivity index (χ1v) is 10.6. The van der Waals surface area contributed by atoms with E-state index in [1.165, 1.54) is 12.3 Å². The van der Waals surface area contributed by atoms with Crippen molar-refractivity contribution in [1.29, 1.82) is 0 Å². The van der Waals surface area contributed by atoms with Gasteiger partial charge in [-0.3, -0.25) is 4.99 Å². The van der Waals surface area contributed by atoms with Crippen LogP contribution in [0.4, 0.5) is 9.18 Å². The van der Waals surface area contributed by atoms with E-state index in [9.17, 15) is 9.18 Å². The van der Waals surface area contributed by atoms with Crippen LogP contribution in [0.2, 0.25) is 0 Å². The Bertz CT molecular complexity index is 902. The molecule has 1 fully saturated rings. The van der Waals surface area contributed by atoms with Crippen LogP contribution in [0, 0.1) is 5.82 Å². The highest BCUT2D eigenvalue weighted by atomic mass is 19.1. The van der Waals surface area contributed by atoms with E-state index in [1.807, 2.05) is 53.7 Å². The van der Waals surface area contributed by atoms with Crippen LogP contribution in [0.1, 0.15) is 47.1 Å². The number of allylic oxidation sites excluding steroid dienone is 4. The van der Waals surface area contributed by atoms with E-state index in [0.717, 1.165) is 22.6 Å². The first kappa shape index (κ1) is 24.4. The normalized spacial score (nSPS) is 16.7. The third kappa shape index (κ3) is 6.29. The lowest BCUT2D eigenvalue weighted by Crippen LogP contribution is -2.49. The molecular formula is C25H34FN3O2. The summed E-state index contributed by atoms with van der Waals surface area (Å²) >= 11 is 0. The van der Waals surface area contributed by atoms with Crippen molar-refractivity contribution in [3.8, 4) is 0 Å². The van der Waals surface area contributed by atoms with E-state index in [1.54, 1.807) is 17.0 Å². The topological polar surface area (TPSA) is 45.1 Å². The lowest BCUT2D eigenvalue weighted by atomic mass is 9.92. The van der Waals surface area contributed by atoms with E-state index in [0.29, 0.717) is 31.7 Å². The standard InChI is InChI=1S/C25H34FN3O2/c1-8-20(21-12-10-11-13-22(21)26)23(18(3)27-9-2)19(4)28-14-16-29(17-15-28)24(30)31-25(5,6)7/h8-13H,2,14-17H2,1,3-7H3/b20-8-,23-19-,27-18?. The average molecular weight is 428 g/mol. The number of halogens is 1. The monoisotopic (exact) mass is 427 g/mol. The minimum absolute atomic E-state index is 0.276. The first-order valence-electron chi connectivity index (χ1n) is 10.6. The van der Waals surface area contributed by atoms with Gasteiger partial charge in [-0.15, -0.1) is 0 Å². The number of hydrogen-bond acceptors (Lipinski definition) is 4. The molecule has 0 spiro atoms. The van der Waals surface area contributed by atoms with Crippen LogP contribution in [0.25, 0.3) is 5.57 Å². The van der Waals surface area contributed by atoms with Gasteiger partial charge in [0.15, 0.2) is 0 Å². The van der Waals surface area contributed by atoms with Crippen molar-refractivity contribution in [2.45, 2.75) is 47.1 Å². The van der Waals surface area contributed by atoms with Crippen LogP contribution in [0.15, 0.2) is 59.4 Å². The number of hydrogen-bond donors (Lipinski definition) is 0. The van der Waals surface area contributed by atoms with Crippen LogP contribution in [-0.2, 0) is 4.74 Å². The molecule has 0 unspecified atom stereocenters. The van der Waals surface area contributed by atoms with Crippen molar-refractivity contribution in [2.75, 3.05) is 26.2 Å². The summed E-state index contributed by atoms with van der Waals surface area (Å²) in [4.78, 5) is 20.7. The van der Waals surface area contributed by atoms with Crippen molar-refractivity contribution in [3.05, 3.63) is 65.8 Å². The Morgan fingerprint density at radius 3 is 2.23 bits per heavy atom. The molecule has 0 N–H and O–H groups in total. The van der Waals surface area contributed by atoms with Crippen LogP contribution in [-0.4, -0.2) is 53.4 Å². The van der Waals surface area contributed by atoms with Gasteiger partial charge in [-0.2, -0.15) is 0 Å². The molecule has 2 rings (SSSR count). The van der Waals surface area contributed by atoms with Gasteiger partial charge in [0, 0.05) is 54.9 Å². The average Bonchev–Trinajstić information content (AvgIpc) is 2.71. The van der Waals surface area contributed by atoms with Gasteiger partial charge < -0.3 is 14.5 Å². The maximum atomic E-state index is 14.6. The van der Waals surface area contributed by atoms with Gasteiger partial charge in [0.05, 0.1) is 0 Å². The third-order valence-electron chi connectivity index (χ3n) is 5.14. The van der Waals surface area contributed by atoms with Crippen molar-refractivity contribution >= 4 is 17.4 Å². The molecule has 168 valence electrons. The maximum absolute atomic E-state index is 14.6. The summed E-state index contributed by atoms with van der Waals surface area (Å²) in [6, 6.07) is 6.75. The quantitative estimate of drug-likeness (QED) is 0.450. The van der Waals surface area contributed by atoms with Crippen molar-refractivity contribution in [3.63, 3.8) is 0 Å². The summed E-state index contributed by atoms with van der Waals surface area (Å²) in [5.74, 6) is -0.276. The van der Waals surface area contributed by atoms with Gasteiger partial charge in [0.2, 0.25) is 0 Å². The number of piperazine rings is 1. The van der Waals surface area contributed by atoms with E-state index in [2.05, 4.69) is 16.5 Å². The summed E-state index contributed by atoms with van der Waals surface area (Å²) < 4.78 is 20.1. The second kappa shape index (κ2) is 10.4. The molecule has 5 nitrogen and oxygen atoms in total. The van der Waals surface area contributed by atoms with E-state index in [-0.39, 0.29) is 11.9 Å². The zero-order valence-corrected chi connectivity index (χ0v) is 19.5. The summed E-state index contributed by atoms with van der Waals surface area (Å²) in [5.41, 5.74) is 3.43. The van der Waals surface area contributed by atoms with E-state index < -0.39 is 5.60 Å². The molecule has 1 heterocycles. The number of nitrogens with zero attached hydrogens (tertiary/aromatic N) is 3. The minimum Gasteiger partial charge on any atom is -0.444 e. The fraction of sp³-hybridized carbons (Fsp3) is 0.440. The lowest BCUT2D eigenvalue weighted by molar-refractivity contribution is 0.0168. The maximum Gasteiger partial charge on any atom is 0.410 e. The SMILES string of the molecule is C=CN=C(C)C(/C(=C\C)c1ccccc1F)=C(\C)N1CCN(C(=O)OC(C)(C)C)CC1. The highest BCUT2D eigenvalue weighted by Gasteiger charge is 2.27. The number of amides is 1. The lowest BCUT2D eigenvalue weighted by Gasteiger charge is -2.38. The molecule has 0 aliphatic carbocycles. The van der Waals surface area contributed by atoms with Gasteiger partial charge in [0.1, 0.15) is 11.4 Å². The molecule has 1 aliphatic rings. The van der Waals surface area contributed by atoms with Crippen LogP contribution in [0.3, 0.4) is 0 Å². The fourth-order valence-electron chi connectivity index (χ4n) is 3.68. The van der Waals surface area contributed by atoms with Gasteiger partial charge in [-0.25, -0.2) is 9.18 Å². The minimum atomic E-state index is -0.518. The second-order valence-corrected chi connectivity index (χ2v) is 8.49. The molecule has 1 aromatic rings. The summed E-state index contributed by atoms with van der Waals surface area (Å²) in [7, 11) is 0. The number of rotatable bonds is 5. The van der Waals surface area contributed by atoms with E-state index in [4.69, 9.17) is 4.74 Å². The zero-order valence-electron chi connectivity index (χ0n) is 19.5. The summed E-state index contributed by atoms with van der Waals surface area (Å²) in [5, 5.41) is 0. The molecule has 0 saturated carbocycles. The highest BCUT2D eigenvalue weighted by molar-refractivity contribution is 6.12. The molecule has 6 heteroatoms. The molecule has 1 saturated heterocycles. The predicted molar refractivity (Wildman–Crippen MR) is 125 cm³/mol. The molecule has 31 heavy (non-hydrogen) atoms. The zero-order chi connectivity index (χ0) is 23.2. The summed E-state index contributed by atoms with van der Waals surface area (Å²) in [6.07, 6.45) is 3.12. The Kier molecular flexibility index (Phi) is 8.20. The number of aliphatic imine (C=N–C) groups is 1. The van der Waals surface area contributed by atoms with Crippen LogP contribution >= 0.6 is 0 Å². The fourth-order valence-corrected chi connectivity index (χ4v) is 3.68. The third-order valence-corrected chi connectivity index (χ3v) is 5.14. The van der Waals surface area contributed by atoms with Gasteiger partial charge in [-0.05, 0) is 53.2 Å².